The molecular formula is C70H49NO. The van der Waals surface area contributed by atoms with E-state index in [4.69, 9.17) is 4.42 Å². The van der Waals surface area contributed by atoms with E-state index in [2.05, 4.69) is 274 Å². The molecule has 1 aromatic heterocycles. The predicted octanol–water partition coefficient (Wildman–Crippen LogP) is 18.7. The van der Waals surface area contributed by atoms with Crippen molar-refractivity contribution in [3.05, 3.63) is 294 Å². The van der Waals surface area contributed by atoms with Crippen LogP contribution in [-0.2, 0) is 10.8 Å². The summed E-state index contributed by atoms with van der Waals surface area (Å²) in [5.74, 6) is 0. The van der Waals surface area contributed by atoms with Gasteiger partial charge in [-0.3, -0.25) is 0 Å². The second-order valence-electron chi connectivity index (χ2n) is 19.9. The summed E-state index contributed by atoms with van der Waals surface area (Å²) in [6.07, 6.45) is 0. The maximum absolute atomic E-state index is 6.56. The average molecular weight is 920 g/mol. The van der Waals surface area contributed by atoms with Crippen molar-refractivity contribution in [2.75, 3.05) is 4.90 Å². The lowest BCUT2D eigenvalue weighted by Crippen LogP contribution is -2.32. The minimum atomic E-state index is -0.668. The molecule has 2 nitrogen and oxygen atoms in total. The maximum atomic E-state index is 6.56. The highest BCUT2D eigenvalue weighted by Gasteiger charge is 2.44. The van der Waals surface area contributed by atoms with Gasteiger partial charge in [-0.05, 0) is 132 Å². The summed E-state index contributed by atoms with van der Waals surface area (Å²) < 4.78 is 6.56. The van der Waals surface area contributed by atoms with E-state index in [-0.39, 0.29) is 5.41 Å². The van der Waals surface area contributed by atoms with Crippen LogP contribution in [0.1, 0.15) is 47.2 Å². The lowest BCUT2D eigenvalue weighted by molar-refractivity contribution is 0.660. The molecule has 1 heterocycles. The highest BCUT2D eigenvalue weighted by Crippen LogP contribution is 2.57. The molecule has 0 bridgehead atoms. The van der Waals surface area contributed by atoms with Crippen molar-refractivity contribution in [1.29, 1.82) is 0 Å². The molecule has 14 rings (SSSR count). The Hall–Kier alpha value is -8.98. The Balaban J connectivity index is 0.956. The molecule has 2 heteroatoms. The Labute approximate surface area is 420 Å². The summed E-state index contributed by atoms with van der Waals surface area (Å²) in [6.45, 7) is 4.77. The van der Waals surface area contributed by atoms with Crippen LogP contribution in [0, 0.1) is 0 Å². The lowest BCUT2D eigenvalue weighted by Gasteiger charge is -2.39. The molecule has 0 atom stereocenters. The van der Waals surface area contributed by atoms with E-state index in [1.807, 2.05) is 6.07 Å². The summed E-state index contributed by atoms with van der Waals surface area (Å²) in [5.41, 5.74) is 23.9. The van der Waals surface area contributed by atoms with Crippen LogP contribution in [0.5, 0.6) is 0 Å². The van der Waals surface area contributed by atoms with Crippen molar-refractivity contribution >= 4 is 39.0 Å². The number of anilines is 3. The molecule has 0 saturated carbocycles. The van der Waals surface area contributed by atoms with E-state index in [9.17, 15) is 0 Å². The summed E-state index contributed by atoms with van der Waals surface area (Å²) in [6, 6.07) is 96.3. The topological polar surface area (TPSA) is 16.4 Å². The fraction of sp³-hybridized carbons (Fsp3) is 0.0571. The van der Waals surface area contributed by atoms with Crippen LogP contribution in [0.4, 0.5) is 17.1 Å². The molecule has 0 saturated heterocycles. The minimum absolute atomic E-state index is 0.288. The number of furan rings is 1. The Morgan fingerprint density at radius 2 is 0.792 bits per heavy atom. The maximum Gasteiger partial charge on any atom is 0.143 e. The van der Waals surface area contributed by atoms with Gasteiger partial charge in [0.1, 0.15) is 11.2 Å². The molecule has 12 aromatic rings. The van der Waals surface area contributed by atoms with E-state index in [0.717, 1.165) is 50.1 Å². The zero-order chi connectivity index (χ0) is 48.0. The molecule has 0 unspecified atom stereocenters. The molecule has 11 aromatic carbocycles. The van der Waals surface area contributed by atoms with Gasteiger partial charge in [0.05, 0.1) is 5.41 Å². The smallest absolute Gasteiger partial charge is 0.143 e. The monoisotopic (exact) mass is 919 g/mol. The number of hydrogen-bond donors (Lipinski definition) is 0. The standard InChI is InChI=1S/C70H49NO/c1-69(2)65-43-48(54-30-18-31-62-61-29-13-16-34-67(61)72-68(54)62)37-41-59(65)60-42-40-53(45-66(60)69)71(51-38-35-47(36-39-51)46-19-5-3-6-20-46)52-24-17-23-50(44-52)70(49-21-7-4-8-22-49)63-32-14-11-27-57(63)55-25-9-10-26-56(55)58-28-12-15-33-64(58)70/h3-45H,1-2H3. The van der Waals surface area contributed by atoms with E-state index < -0.39 is 5.41 Å². The predicted molar refractivity (Wildman–Crippen MR) is 300 cm³/mol. The quantitative estimate of drug-likeness (QED) is 0.158. The van der Waals surface area contributed by atoms with Gasteiger partial charge in [0.2, 0.25) is 0 Å². The van der Waals surface area contributed by atoms with Crippen molar-refractivity contribution in [3.63, 3.8) is 0 Å². The number of nitrogens with zero attached hydrogens (tertiary/aromatic N) is 1. The molecule has 72 heavy (non-hydrogen) atoms. The minimum Gasteiger partial charge on any atom is -0.455 e. The molecule has 0 radical (unpaired) electrons. The van der Waals surface area contributed by atoms with Gasteiger partial charge in [-0.15, -0.1) is 0 Å². The van der Waals surface area contributed by atoms with E-state index in [1.54, 1.807) is 0 Å². The SMILES string of the molecule is CC1(C)c2cc(-c3cccc4c3oc3ccccc34)ccc2-c2ccc(N(c3ccc(-c4ccccc4)cc3)c3cccc(C4(c5ccccc5)c5ccccc5-c5ccccc5-c5ccccc54)c3)cc21. The van der Waals surface area contributed by atoms with Gasteiger partial charge < -0.3 is 9.32 Å². The summed E-state index contributed by atoms with van der Waals surface area (Å²) >= 11 is 0. The summed E-state index contributed by atoms with van der Waals surface area (Å²) in [4.78, 5) is 2.47. The Kier molecular flexibility index (Phi) is 9.50. The first-order valence-corrected chi connectivity index (χ1v) is 25.1. The van der Waals surface area contributed by atoms with Crippen molar-refractivity contribution < 1.29 is 4.42 Å². The molecule has 0 N–H and O–H groups in total. The number of rotatable bonds is 7. The van der Waals surface area contributed by atoms with E-state index >= 15 is 0 Å². The van der Waals surface area contributed by atoms with Gasteiger partial charge in [-0.25, -0.2) is 0 Å². The van der Waals surface area contributed by atoms with Crippen LogP contribution < -0.4 is 4.90 Å². The van der Waals surface area contributed by atoms with Gasteiger partial charge in [0, 0.05) is 38.8 Å². The third kappa shape index (κ3) is 6.28. The molecule has 0 fully saturated rings. The fourth-order valence-electron chi connectivity index (χ4n) is 12.4. The van der Waals surface area contributed by atoms with Crippen molar-refractivity contribution in [2.24, 2.45) is 0 Å². The van der Waals surface area contributed by atoms with Crippen molar-refractivity contribution in [2.45, 2.75) is 24.7 Å². The second-order valence-corrected chi connectivity index (χ2v) is 19.9. The third-order valence-electron chi connectivity index (χ3n) is 15.8. The molecular weight excluding hydrogens is 871 g/mol. The molecule has 0 spiro atoms. The average Bonchev–Trinajstić information content (AvgIpc) is 3.90. The van der Waals surface area contributed by atoms with Gasteiger partial charge in [0.15, 0.2) is 0 Å². The van der Waals surface area contributed by atoms with Crippen molar-refractivity contribution in [1.82, 2.24) is 0 Å². The number of benzene rings is 11. The fourth-order valence-corrected chi connectivity index (χ4v) is 12.4. The Bertz CT molecular complexity index is 4000. The number of hydrogen-bond acceptors (Lipinski definition) is 2. The van der Waals surface area contributed by atoms with Crippen LogP contribution in [0.3, 0.4) is 0 Å². The highest BCUT2D eigenvalue weighted by molar-refractivity contribution is 6.09. The highest BCUT2D eigenvalue weighted by atomic mass is 16.3. The largest absolute Gasteiger partial charge is 0.455 e. The van der Waals surface area contributed by atoms with E-state index in [0.29, 0.717) is 0 Å². The summed E-state index contributed by atoms with van der Waals surface area (Å²) in [7, 11) is 0. The van der Waals surface area contributed by atoms with Gasteiger partial charge in [0.25, 0.3) is 0 Å². The second kappa shape index (κ2) is 16.3. The van der Waals surface area contributed by atoms with Crippen molar-refractivity contribution in [3.8, 4) is 55.6 Å². The van der Waals surface area contributed by atoms with Gasteiger partial charge in [-0.2, -0.15) is 0 Å². The Morgan fingerprint density at radius 1 is 0.306 bits per heavy atom. The van der Waals surface area contributed by atoms with Crippen LogP contribution in [0.2, 0.25) is 0 Å². The lowest BCUT2D eigenvalue weighted by atomic mass is 9.63. The zero-order valence-corrected chi connectivity index (χ0v) is 40.2. The van der Waals surface area contributed by atoms with Crippen LogP contribution in [0.25, 0.3) is 77.6 Å². The van der Waals surface area contributed by atoms with Crippen LogP contribution >= 0.6 is 0 Å². The molecule has 2 aliphatic rings. The normalized spacial score (nSPS) is 13.6. The zero-order valence-electron chi connectivity index (χ0n) is 40.2. The first kappa shape index (κ1) is 41.9. The number of fused-ring (bicyclic) bond motifs is 11. The molecule has 340 valence electrons. The first-order chi connectivity index (χ1) is 35.5. The summed E-state index contributed by atoms with van der Waals surface area (Å²) in [5, 5.41) is 2.29. The number of para-hydroxylation sites is 2. The van der Waals surface area contributed by atoms with Gasteiger partial charge >= 0.3 is 0 Å². The third-order valence-corrected chi connectivity index (χ3v) is 15.8. The van der Waals surface area contributed by atoms with E-state index in [1.165, 1.54) is 77.9 Å². The molecule has 0 aliphatic heterocycles. The Morgan fingerprint density at radius 3 is 1.51 bits per heavy atom. The van der Waals surface area contributed by atoms with Crippen LogP contribution in [0.15, 0.2) is 265 Å². The molecule has 0 amide bonds. The van der Waals surface area contributed by atoms with Crippen LogP contribution in [-0.4, -0.2) is 0 Å². The van der Waals surface area contributed by atoms with Gasteiger partial charge in [-0.1, -0.05) is 226 Å². The first-order valence-electron chi connectivity index (χ1n) is 25.1. The molecule has 2 aliphatic carbocycles.